The first kappa shape index (κ1) is 8.04. The molecule has 0 aliphatic carbocycles. The van der Waals surface area contributed by atoms with Crippen LogP contribution in [-0.4, -0.2) is 34.3 Å². The van der Waals surface area contributed by atoms with Gasteiger partial charge in [0.2, 0.25) is 0 Å². The molecule has 2 heterocycles. The fraction of sp³-hybridized carbons (Fsp3) is 0.333. The van der Waals surface area contributed by atoms with Gasteiger partial charge in [0.15, 0.2) is 5.78 Å². The Morgan fingerprint density at radius 1 is 1.62 bits per heavy atom. The van der Waals surface area contributed by atoms with Gasteiger partial charge in [0.1, 0.15) is 5.70 Å². The van der Waals surface area contributed by atoms with Crippen molar-refractivity contribution in [1.82, 2.24) is 4.90 Å². The Bertz CT molecular complexity index is 330. The highest BCUT2D eigenvalue weighted by atomic mass is 16.4. The molecule has 1 fully saturated rings. The number of ketones is 1. The first-order valence-electron chi connectivity index (χ1n) is 4.12. The van der Waals surface area contributed by atoms with Crippen LogP contribution >= 0.6 is 0 Å². The Morgan fingerprint density at radius 2 is 2.38 bits per heavy atom. The standard InChI is InChI=1S/C9H9NO3/c11-8-3-1-2-7(9(12)13)10-5-4-6(8)10/h1-3,6H,4-5H2,(H,12,13). The van der Waals surface area contributed by atoms with Gasteiger partial charge in [0.25, 0.3) is 0 Å². The highest BCUT2D eigenvalue weighted by molar-refractivity contribution is 5.98. The number of carbonyl (C=O) groups is 2. The number of aliphatic carboxylic acids is 1. The van der Waals surface area contributed by atoms with Crippen LogP contribution < -0.4 is 0 Å². The lowest BCUT2D eigenvalue weighted by Crippen LogP contribution is -2.51. The Kier molecular flexibility index (Phi) is 1.69. The number of carboxylic acids is 1. The van der Waals surface area contributed by atoms with E-state index in [-0.39, 0.29) is 17.5 Å². The minimum Gasteiger partial charge on any atom is -0.477 e. The van der Waals surface area contributed by atoms with E-state index in [1.807, 2.05) is 0 Å². The molecule has 2 aliphatic rings. The maximum Gasteiger partial charge on any atom is 0.352 e. The number of carboxylic acid groups (broad SMARTS) is 1. The van der Waals surface area contributed by atoms with Crippen molar-refractivity contribution in [3.05, 3.63) is 23.9 Å². The van der Waals surface area contributed by atoms with Crippen LogP contribution in [0.3, 0.4) is 0 Å². The van der Waals surface area contributed by atoms with Crippen molar-refractivity contribution in [3.8, 4) is 0 Å². The molecule has 0 saturated carbocycles. The summed E-state index contributed by atoms with van der Waals surface area (Å²) in [6.07, 6.45) is 5.17. The number of hydrogen-bond donors (Lipinski definition) is 1. The third-order valence-electron chi connectivity index (χ3n) is 2.39. The molecule has 2 aliphatic heterocycles. The Labute approximate surface area is 75.1 Å². The van der Waals surface area contributed by atoms with E-state index in [1.165, 1.54) is 18.2 Å². The minimum absolute atomic E-state index is 0.00116. The second-order valence-corrected chi connectivity index (χ2v) is 3.12. The SMILES string of the molecule is O=C(O)C1=CC=CC(=O)C2CCN12. The van der Waals surface area contributed by atoms with Crippen molar-refractivity contribution in [2.45, 2.75) is 12.5 Å². The highest BCUT2D eigenvalue weighted by Crippen LogP contribution is 2.26. The second-order valence-electron chi connectivity index (χ2n) is 3.12. The lowest BCUT2D eigenvalue weighted by molar-refractivity contribution is -0.136. The largest absolute Gasteiger partial charge is 0.477 e. The van der Waals surface area contributed by atoms with Gasteiger partial charge in [-0.1, -0.05) is 6.08 Å². The van der Waals surface area contributed by atoms with Gasteiger partial charge >= 0.3 is 5.97 Å². The molecule has 0 aromatic heterocycles. The molecule has 68 valence electrons. The van der Waals surface area contributed by atoms with Gasteiger partial charge in [0.05, 0.1) is 6.04 Å². The zero-order valence-corrected chi connectivity index (χ0v) is 6.93. The van der Waals surface area contributed by atoms with Gasteiger partial charge in [-0.2, -0.15) is 0 Å². The second kappa shape index (κ2) is 2.73. The highest BCUT2D eigenvalue weighted by Gasteiger charge is 2.37. The number of fused-ring (bicyclic) bond motifs is 1. The van der Waals surface area contributed by atoms with Crippen LogP contribution in [0, 0.1) is 0 Å². The molecular formula is C9H9NO3. The molecule has 0 bridgehead atoms. The molecule has 0 aromatic rings. The molecule has 0 amide bonds. The number of rotatable bonds is 1. The molecule has 4 nitrogen and oxygen atoms in total. The zero-order valence-electron chi connectivity index (χ0n) is 6.93. The molecule has 0 radical (unpaired) electrons. The number of hydrogen-bond acceptors (Lipinski definition) is 3. The molecule has 1 unspecified atom stereocenters. The van der Waals surface area contributed by atoms with Gasteiger partial charge in [0, 0.05) is 6.54 Å². The van der Waals surface area contributed by atoms with Gasteiger partial charge in [-0.3, -0.25) is 4.79 Å². The summed E-state index contributed by atoms with van der Waals surface area (Å²) in [6.45, 7) is 0.663. The molecule has 2 rings (SSSR count). The summed E-state index contributed by atoms with van der Waals surface area (Å²) in [5.74, 6) is -0.970. The van der Waals surface area contributed by atoms with Crippen LogP contribution in [0.15, 0.2) is 23.9 Å². The molecular weight excluding hydrogens is 170 g/mol. The van der Waals surface area contributed by atoms with Crippen LogP contribution in [0.5, 0.6) is 0 Å². The maximum atomic E-state index is 11.3. The van der Waals surface area contributed by atoms with Crippen molar-refractivity contribution < 1.29 is 14.7 Å². The molecule has 0 aromatic carbocycles. The first-order valence-corrected chi connectivity index (χ1v) is 4.12. The van der Waals surface area contributed by atoms with Crippen molar-refractivity contribution >= 4 is 11.8 Å². The van der Waals surface area contributed by atoms with Gasteiger partial charge < -0.3 is 10.0 Å². The van der Waals surface area contributed by atoms with E-state index in [4.69, 9.17) is 5.11 Å². The topological polar surface area (TPSA) is 57.6 Å². The zero-order chi connectivity index (χ0) is 9.42. The molecule has 0 spiro atoms. The molecule has 1 atom stereocenters. The maximum absolute atomic E-state index is 11.3. The monoisotopic (exact) mass is 179 g/mol. The van der Waals surface area contributed by atoms with E-state index < -0.39 is 5.97 Å². The van der Waals surface area contributed by atoms with E-state index in [2.05, 4.69) is 0 Å². The summed E-state index contributed by atoms with van der Waals surface area (Å²) in [6, 6.07) is -0.235. The van der Waals surface area contributed by atoms with Crippen molar-refractivity contribution in [3.63, 3.8) is 0 Å². The Balaban J connectivity index is 2.31. The predicted octanol–water partition coefficient (Wildman–Crippen LogP) is 0.168. The number of allylic oxidation sites excluding steroid dienone is 2. The van der Waals surface area contributed by atoms with E-state index in [9.17, 15) is 9.59 Å². The lowest BCUT2D eigenvalue weighted by Gasteiger charge is -2.40. The quantitative estimate of drug-likeness (QED) is 0.623. The van der Waals surface area contributed by atoms with Crippen molar-refractivity contribution in [2.24, 2.45) is 0 Å². The summed E-state index contributed by atoms with van der Waals surface area (Å²) in [4.78, 5) is 23.7. The normalized spacial score (nSPS) is 25.8. The average molecular weight is 179 g/mol. The first-order chi connectivity index (χ1) is 6.20. The smallest absolute Gasteiger partial charge is 0.352 e. The summed E-state index contributed by atoms with van der Waals surface area (Å²) in [5, 5.41) is 8.82. The summed E-state index contributed by atoms with van der Waals surface area (Å²) in [7, 11) is 0. The molecule has 4 heteroatoms. The van der Waals surface area contributed by atoms with Crippen LogP contribution in [0.1, 0.15) is 6.42 Å². The van der Waals surface area contributed by atoms with Gasteiger partial charge in [-0.15, -0.1) is 0 Å². The third kappa shape index (κ3) is 1.14. The fourth-order valence-electron chi connectivity index (χ4n) is 1.61. The molecule has 1 saturated heterocycles. The minimum atomic E-state index is -0.968. The van der Waals surface area contributed by atoms with E-state index in [1.54, 1.807) is 4.90 Å². The van der Waals surface area contributed by atoms with E-state index in [0.717, 1.165) is 6.42 Å². The van der Waals surface area contributed by atoms with E-state index >= 15 is 0 Å². The average Bonchev–Trinajstić information content (AvgIpc) is 2.08. The molecule has 1 N–H and O–H groups in total. The summed E-state index contributed by atoms with van der Waals surface area (Å²) in [5.41, 5.74) is 0.221. The van der Waals surface area contributed by atoms with Crippen LogP contribution in [0.2, 0.25) is 0 Å². The summed E-state index contributed by atoms with van der Waals surface area (Å²) >= 11 is 0. The Morgan fingerprint density at radius 3 is 2.92 bits per heavy atom. The predicted molar refractivity (Wildman–Crippen MR) is 45.0 cm³/mol. The van der Waals surface area contributed by atoms with Crippen LogP contribution in [0.4, 0.5) is 0 Å². The lowest BCUT2D eigenvalue weighted by atomic mass is 9.98. The van der Waals surface area contributed by atoms with Crippen LogP contribution in [0.25, 0.3) is 0 Å². The van der Waals surface area contributed by atoms with Gasteiger partial charge in [-0.25, -0.2) is 4.79 Å². The van der Waals surface area contributed by atoms with E-state index in [0.29, 0.717) is 6.54 Å². The number of nitrogens with zero attached hydrogens (tertiary/aromatic N) is 1. The number of carbonyl (C=O) groups excluding carboxylic acids is 1. The van der Waals surface area contributed by atoms with Gasteiger partial charge in [-0.05, 0) is 18.6 Å². The van der Waals surface area contributed by atoms with Crippen molar-refractivity contribution in [1.29, 1.82) is 0 Å². The Hall–Kier alpha value is -1.58. The van der Waals surface area contributed by atoms with Crippen molar-refractivity contribution in [2.75, 3.05) is 6.54 Å². The fourth-order valence-corrected chi connectivity index (χ4v) is 1.61. The van der Waals surface area contributed by atoms with Crippen LogP contribution in [-0.2, 0) is 9.59 Å². The third-order valence-corrected chi connectivity index (χ3v) is 2.39. The molecule has 13 heavy (non-hydrogen) atoms. The summed E-state index contributed by atoms with van der Waals surface area (Å²) < 4.78 is 0.